The van der Waals surface area contributed by atoms with Crippen molar-refractivity contribution in [3.8, 4) is 5.75 Å². The molecule has 0 unspecified atom stereocenters. The van der Waals surface area contributed by atoms with Crippen LogP contribution in [0.15, 0.2) is 23.1 Å². The zero-order valence-electron chi connectivity index (χ0n) is 5.43. The second-order valence-corrected chi connectivity index (χ2v) is 2.21. The van der Waals surface area contributed by atoms with Crippen LogP contribution in [0, 0.1) is 5.82 Å². The normalized spacial score (nSPS) is 9.40. The fourth-order valence-electron chi connectivity index (χ4n) is 0.648. The van der Waals surface area contributed by atoms with E-state index in [0.29, 0.717) is 0 Å². The molecule has 0 saturated carbocycles. The third-order valence-electron chi connectivity index (χ3n) is 1.15. The summed E-state index contributed by atoms with van der Waals surface area (Å²) in [5.41, 5.74) is 0. The molecule has 1 aromatic carbocycles. The van der Waals surface area contributed by atoms with Crippen LogP contribution in [0.3, 0.4) is 0 Å². The van der Waals surface area contributed by atoms with Crippen LogP contribution >= 0.6 is 12.6 Å². The monoisotopic (exact) mass is 157 g/mol. The summed E-state index contributed by atoms with van der Waals surface area (Å²) in [6.07, 6.45) is 0. The van der Waals surface area contributed by atoms with Crippen LogP contribution in [0.1, 0.15) is 0 Å². The minimum atomic E-state index is -0.458. The average molecular weight is 157 g/mol. The molecular formula is C7H6FOS. The Morgan fingerprint density at radius 3 is 2.70 bits per heavy atom. The second-order valence-electron chi connectivity index (χ2n) is 1.77. The Morgan fingerprint density at radius 2 is 2.20 bits per heavy atom. The summed E-state index contributed by atoms with van der Waals surface area (Å²) in [5, 5.41) is 0. The Balaban J connectivity index is 3.14. The van der Waals surface area contributed by atoms with Gasteiger partial charge in [-0.2, -0.15) is 0 Å². The van der Waals surface area contributed by atoms with Crippen molar-refractivity contribution in [2.24, 2.45) is 0 Å². The zero-order chi connectivity index (χ0) is 7.56. The first-order valence-corrected chi connectivity index (χ1v) is 3.16. The molecule has 0 spiro atoms. The summed E-state index contributed by atoms with van der Waals surface area (Å²) < 4.78 is 17.5. The third-order valence-corrected chi connectivity index (χ3v) is 1.46. The highest BCUT2D eigenvalue weighted by Crippen LogP contribution is 2.21. The van der Waals surface area contributed by atoms with Crippen molar-refractivity contribution >= 4 is 12.6 Å². The maximum atomic E-state index is 12.8. The van der Waals surface area contributed by atoms with Gasteiger partial charge in [0.2, 0.25) is 0 Å². The molecule has 0 aliphatic carbocycles. The number of rotatable bonds is 1. The van der Waals surface area contributed by atoms with Gasteiger partial charge in [0.25, 0.3) is 0 Å². The van der Waals surface area contributed by atoms with Crippen LogP contribution in [0.5, 0.6) is 5.75 Å². The summed E-state index contributed by atoms with van der Waals surface area (Å²) in [6, 6.07) is 4.71. The summed E-state index contributed by atoms with van der Waals surface area (Å²) >= 11 is 4.65. The van der Waals surface area contributed by atoms with Gasteiger partial charge in [0.05, 0.1) is 12.0 Å². The Morgan fingerprint density at radius 1 is 1.50 bits per heavy atom. The van der Waals surface area contributed by atoms with Gasteiger partial charge in [-0.25, -0.2) is 4.39 Å². The van der Waals surface area contributed by atoms with Gasteiger partial charge in [-0.1, -0.05) is 18.7 Å². The van der Waals surface area contributed by atoms with E-state index in [1.54, 1.807) is 6.07 Å². The molecule has 0 atom stereocenters. The lowest BCUT2D eigenvalue weighted by molar-refractivity contribution is 0.381. The van der Waals surface area contributed by atoms with E-state index in [2.05, 4.69) is 17.4 Å². The molecule has 0 saturated heterocycles. The van der Waals surface area contributed by atoms with Gasteiger partial charge in [0.1, 0.15) is 0 Å². The molecule has 3 heteroatoms. The van der Waals surface area contributed by atoms with Crippen LogP contribution in [0.25, 0.3) is 0 Å². The van der Waals surface area contributed by atoms with Gasteiger partial charge in [0.15, 0.2) is 11.6 Å². The van der Waals surface area contributed by atoms with Crippen LogP contribution in [-0.2, 0) is 0 Å². The van der Waals surface area contributed by atoms with Gasteiger partial charge in [-0.3, -0.25) is 0 Å². The predicted octanol–water partition coefficient (Wildman–Crippen LogP) is 2.39. The lowest BCUT2D eigenvalue weighted by Crippen LogP contribution is -1.87. The number of methoxy groups -OCH3 is 1. The van der Waals surface area contributed by atoms with Crippen molar-refractivity contribution < 1.29 is 9.13 Å². The SMILES string of the molecule is COc1cccc([S])c1F. The second kappa shape index (κ2) is 2.84. The van der Waals surface area contributed by atoms with E-state index in [-0.39, 0.29) is 10.6 Å². The molecule has 0 N–H and O–H groups in total. The number of halogens is 1. The summed E-state index contributed by atoms with van der Waals surface area (Å²) in [5.74, 6) is -0.257. The molecular weight excluding hydrogens is 151 g/mol. The van der Waals surface area contributed by atoms with Crippen LogP contribution < -0.4 is 4.74 Å². The first kappa shape index (κ1) is 7.28. The highest BCUT2D eigenvalue weighted by molar-refractivity contribution is 7.80. The lowest BCUT2D eigenvalue weighted by Gasteiger charge is -2.00. The molecule has 0 aliphatic heterocycles. The fraction of sp³-hybridized carbons (Fsp3) is 0.143. The molecule has 1 rings (SSSR count). The summed E-state index contributed by atoms with van der Waals surface area (Å²) in [6.45, 7) is 0. The van der Waals surface area contributed by atoms with Crippen molar-refractivity contribution in [2.45, 2.75) is 4.90 Å². The van der Waals surface area contributed by atoms with Crippen molar-refractivity contribution in [2.75, 3.05) is 7.11 Å². The Labute approximate surface area is 64.2 Å². The predicted molar refractivity (Wildman–Crippen MR) is 38.8 cm³/mol. The number of benzene rings is 1. The molecule has 0 fully saturated rings. The molecule has 0 aromatic heterocycles. The minimum Gasteiger partial charge on any atom is -0.494 e. The molecule has 0 aliphatic rings. The lowest BCUT2D eigenvalue weighted by atomic mass is 10.3. The van der Waals surface area contributed by atoms with Crippen LogP contribution in [0.4, 0.5) is 4.39 Å². The molecule has 0 heterocycles. The highest BCUT2D eigenvalue weighted by Gasteiger charge is 2.03. The highest BCUT2D eigenvalue weighted by atomic mass is 32.1. The van der Waals surface area contributed by atoms with Crippen LogP contribution in [-0.4, -0.2) is 7.11 Å². The fourth-order valence-corrected chi connectivity index (χ4v) is 0.827. The topological polar surface area (TPSA) is 9.23 Å². The van der Waals surface area contributed by atoms with Crippen molar-refractivity contribution in [3.05, 3.63) is 24.0 Å². The maximum absolute atomic E-state index is 12.8. The van der Waals surface area contributed by atoms with Gasteiger partial charge < -0.3 is 4.74 Å². The largest absolute Gasteiger partial charge is 0.494 e. The minimum absolute atomic E-state index is 0.194. The number of hydrogen-bond donors (Lipinski definition) is 0. The van der Waals surface area contributed by atoms with Crippen molar-refractivity contribution in [1.29, 1.82) is 0 Å². The van der Waals surface area contributed by atoms with Gasteiger partial charge in [-0.15, -0.1) is 0 Å². The van der Waals surface area contributed by atoms with E-state index in [4.69, 9.17) is 0 Å². The van der Waals surface area contributed by atoms with E-state index in [1.807, 2.05) is 0 Å². The average Bonchev–Trinajstić information content (AvgIpc) is 1.95. The summed E-state index contributed by atoms with van der Waals surface area (Å²) in [4.78, 5) is 0.194. The van der Waals surface area contributed by atoms with Gasteiger partial charge >= 0.3 is 0 Å². The number of ether oxygens (including phenoxy) is 1. The van der Waals surface area contributed by atoms with Crippen molar-refractivity contribution in [3.63, 3.8) is 0 Å². The Kier molecular flexibility index (Phi) is 2.06. The first-order chi connectivity index (χ1) is 4.75. The molecule has 0 bridgehead atoms. The first-order valence-electron chi connectivity index (χ1n) is 2.75. The third kappa shape index (κ3) is 1.19. The van der Waals surface area contributed by atoms with E-state index in [0.717, 1.165) is 0 Å². The van der Waals surface area contributed by atoms with E-state index in [1.165, 1.54) is 19.2 Å². The summed E-state index contributed by atoms with van der Waals surface area (Å²) in [7, 11) is 1.41. The Bertz CT molecular complexity index is 237. The quantitative estimate of drug-likeness (QED) is 0.608. The Hall–Kier alpha value is -0.830. The number of hydrogen-bond acceptors (Lipinski definition) is 1. The van der Waals surface area contributed by atoms with Gasteiger partial charge in [-0.05, 0) is 12.1 Å². The van der Waals surface area contributed by atoms with E-state index in [9.17, 15) is 4.39 Å². The van der Waals surface area contributed by atoms with Crippen LogP contribution in [0.2, 0.25) is 0 Å². The van der Waals surface area contributed by atoms with Gasteiger partial charge in [0, 0.05) is 0 Å². The smallest absolute Gasteiger partial charge is 0.183 e. The van der Waals surface area contributed by atoms with Crippen molar-refractivity contribution in [1.82, 2.24) is 0 Å². The molecule has 10 heavy (non-hydrogen) atoms. The molecule has 1 radical (unpaired) electrons. The molecule has 53 valence electrons. The van der Waals surface area contributed by atoms with E-state index >= 15 is 0 Å². The molecule has 1 nitrogen and oxygen atoms in total. The zero-order valence-corrected chi connectivity index (χ0v) is 6.24. The molecule has 0 amide bonds. The maximum Gasteiger partial charge on any atom is 0.183 e. The van der Waals surface area contributed by atoms with E-state index < -0.39 is 5.82 Å². The molecule has 1 aromatic rings. The standard InChI is InChI=1S/C7H6FOS/c1-9-5-3-2-4-6(10)7(5)8/h2-4H,1H3.